The number of halogens is 1. The van der Waals surface area contributed by atoms with E-state index in [1.165, 1.54) is 17.2 Å². The number of benzene rings is 1. The summed E-state index contributed by atoms with van der Waals surface area (Å²) in [7, 11) is 0. The number of H-pyrrole nitrogens is 1. The number of fused-ring (bicyclic) bond motifs is 2. The summed E-state index contributed by atoms with van der Waals surface area (Å²) in [6.07, 6.45) is 3.11. The molecule has 4 N–H and O–H groups in total. The van der Waals surface area contributed by atoms with Gasteiger partial charge in [0.05, 0.1) is 11.4 Å². The third-order valence-corrected chi connectivity index (χ3v) is 4.21. The predicted molar refractivity (Wildman–Crippen MR) is 84.0 cm³/mol. The zero-order valence-electron chi connectivity index (χ0n) is 11.9. The van der Waals surface area contributed by atoms with Crippen LogP contribution in [0.4, 0.5) is 16.0 Å². The molecule has 5 nitrogen and oxygen atoms in total. The van der Waals surface area contributed by atoms with Gasteiger partial charge in [-0.15, -0.1) is 0 Å². The van der Waals surface area contributed by atoms with Gasteiger partial charge >= 0.3 is 0 Å². The van der Waals surface area contributed by atoms with Gasteiger partial charge in [-0.2, -0.15) is 5.10 Å². The highest BCUT2D eigenvalue weighted by molar-refractivity contribution is 5.87. The van der Waals surface area contributed by atoms with E-state index in [1.54, 1.807) is 0 Å². The van der Waals surface area contributed by atoms with E-state index < -0.39 is 5.82 Å². The minimum Gasteiger partial charge on any atom is -0.382 e. The number of hydrogen-bond donors (Lipinski definition) is 3. The molecular weight excluding hydrogens is 281 g/mol. The number of nitrogen functional groups attached to an aromatic ring is 1. The second kappa shape index (κ2) is 4.98. The zero-order valence-corrected chi connectivity index (χ0v) is 11.9. The summed E-state index contributed by atoms with van der Waals surface area (Å²) in [5.41, 5.74) is 8.70. The number of pyridine rings is 1. The average Bonchev–Trinajstić information content (AvgIpc) is 2.89. The Labute approximate surface area is 126 Å². The number of nitrogens with two attached hydrogens (primary N) is 1. The topological polar surface area (TPSA) is 79.6 Å². The Morgan fingerprint density at radius 1 is 1.32 bits per heavy atom. The van der Waals surface area contributed by atoms with Gasteiger partial charge in [0.1, 0.15) is 0 Å². The summed E-state index contributed by atoms with van der Waals surface area (Å²) in [4.78, 5) is 4.28. The van der Waals surface area contributed by atoms with Crippen molar-refractivity contribution in [1.82, 2.24) is 15.2 Å². The van der Waals surface area contributed by atoms with Crippen LogP contribution in [0.5, 0.6) is 0 Å². The van der Waals surface area contributed by atoms with E-state index in [4.69, 9.17) is 5.73 Å². The third-order valence-electron chi connectivity index (χ3n) is 4.21. The molecule has 0 spiro atoms. The first kappa shape index (κ1) is 13.1. The molecule has 0 amide bonds. The molecule has 1 aromatic carbocycles. The van der Waals surface area contributed by atoms with E-state index in [2.05, 4.69) is 32.6 Å². The van der Waals surface area contributed by atoms with Crippen molar-refractivity contribution in [3.05, 3.63) is 47.3 Å². The van der Waals surface area contributed by atoms with Gasteiger partial charge in [0.2, 0.25) is 0 Å². The van der Waals surface area contributed by atoms with Gasteiger partial charge in [-0.25, -0.2) is 9.37 Å². The lowest BCUT2D eigenvalue weighted by Gasteiger charge is -2.26. The lowest BCUT2D eigenvalue weighted by atomic mass is 9.88. The van der Waals surface area contributed by atoms with Crippen molar-refractivity contribution in [3.63, 3.8) is 0 Å². The number of aromatic nitrogens is 3. The van der Waals surface area contributed by atoms with E-state index in [1.807, 2.05) is 12.1 Å². The molecule has 2 heterocycles. The first-order valence-corrected chi connectivity index (χ1v) is 7.37. The van der Waals surface area contributed by atoms with E-state index >= 15 is 0 Å². The van der Waals surface area contributed by atoms with Crippen molar-refractivity contribution in [2.75, 3.05) is 11.1 Å². The van der Waals surface area contributed by atoms with Gasteiger partial charge in [0, 0.05) is 0 Å². The molecule has 0 saturated heterocycles. The summed E-state index contributed by atoms with van der Waals surface area (Å²) in [6.45, 7) is 0. The Morgan fingerprint density at radius 2 is 2.18 bits per heavy atom. The van der Waals surface area contributed by atoms with Crippen molar-refractivity contribution in [2.45, 2.75) is 25.3 Å². The molecular formula is C16H16FN5. The second-order valence-electron chi connectivity index (χ2n) is 5.61. The van der Waals surface area contributed by atoms with Crippen molar-refractivity contribution in [3.8, 4) is 0 Å². The molecule has 1 unspecified atom stereocenters. The van der Waals surface area contributed by atoms with Crippen LogP contribution in [0, 0.1) is 5.82 Å². The normalized spacial score (nSPS) is 17.4. The molecule has 6 heteroatoms. The number of hydrogen-bond acceptors (Lipinski definition) is 4. The molecule has 112 valence electrons. The van der Waals surface area contributed by atoms with Crippen LogP contribution in [-0.4, -0.2) is 15.2 Å². The van der Waals surface area contributed by atoms with E-state index in [-0.39, 0.29) is 17.7 Å². The zero-order chi connectivity index (χ0) is 15.1. The monoisotopic (exact) mass is 297 g/mol. The van der Waals surface area contributed by atoms with Crippen molar-refractivity contribution in [2.24, 2.45) is 0 Å². The van der Waals surface area contributed by atoms with Crippen LogP contribution in [0.2, 0.25) is 0 Å². The van der Waals surface area contributed by atoms with Crippen molar-refractivity contribution in [1.29, 1.82) is 0 Å². The number of rotatable bonds is 2. The van der Waals surface area contributed by atoms with Gasteiger partial charge in [0.15, 0.2) is 23.1 Å². The minimum absolute atomic E-state index is 0.0738. The van der Waals surface area contributed by atoms with E-state index in [0.717, 1.165) is 19.3 Å². The molecule has 1 aliphatic rings. The van der Waals surface area contributed by atoms with Crippen LogP contribution >= 0.6 is 0 Å². The Bertz CT molecular complexity index is 842. The number of nitrogens with one attached hydrogen (secondary N) is 2. The quantitative estimate of drug-likeness (QED) is 0.679. The maximum atomic E-state index is 14.3. The van der Waals surface area contributed by atoms with Gasteiger partial charge in [-0.1, -0.05) is 24.3 Å². The van der Waals surface area contributed by atoms with Crippen LogP contribution in [-0.2, 0) is 6.42 Å². The second-order valence-corrected chi connectivity index (χ2v) is 5.61. The highest BCUT2D eigenvalue weighted by atomic mass is 19.1. The SMILES string of the molecule is Nc1n[nH]c2nc(NC3CCCc4ccccc43)c(F)cc12. The van der Waals surface area contributed by atoms with Crippen molar-refractivity contribution < 1.29 is 4.39 Å². The Morgan fingerprint density at radius 3 is 3.09 bits per heavy atom. The molecule has 0 fully saturated rings. The van der Waals surface area contributed by atoms with Crippen LogP contribution in [0.3, 0.4) is 0 Å². The minimum atomic E-state index is -0.413. The Kier molecular flexibility index (Phi) is 2.96. The molecule has 0 bridgehead atoms. The van der Waals surface area contributed by atoms with Gasteiger partial charge in [-0.05, 0) is 36.5 Å². The van der Waals surface area contributed by atoms with Crippen LogP contribution in [0.1, 0.15) is 30.0 Å². The van der Waals surface area contributed by atoms with Crippen LogP contribution < -0.4 is 11.1 Å². The van der Waals surface area contributed by atoms with Crippen LogP contribution in [0.25, 0.3) is 11.0 Å². The molecule has 0 aliphatic heterocycles. The molecule has 1 atom stereocenters. The Hall–Kier alpha value is -2.63. The van der Waals surface area contributed by atoms with E-state index in [0.29, 0.717) is 11.0 Å². The van der Waals surface area contributed by atoms with Crippen molar-refractivity contribution >= 4 is 22.7 Å². The number of aromatic amines is 1. The maximum Gasteiger partial charge on any atom is 0.166 e. The van der Waals surface area contributed by atoms with Gasteiger partial charge in [0.25, 0.3) is 0 Å². The summed E-state index contributed by atoms with van der Waals surface area (Å²) in [6, 6.07) is 9.73. The lowest BCUT2D eigenvalue weighted by molar-refractivity contribution is 0.583. The highest BCUT2D eigenvalue weighted by Gasteiger charge is 2.21. The summed E-state index contributed by atoms with van der Waals surface area (Å²) < 4.78 is 14.3. The van der Waals surface area contributed by atoms with Gasteiger partial charge in [-0.3, -0.25) is 5.10 Å². The number of aryl methyl sites for hydroxylation is 1. The average molecular weight is 297 g/mol. The molecule has 3 aromatic rings. The summed E-state index contributed by atoms with van der Waals surface area (Å²) in [5.74, 6) is 0.0810. The fourth-order valence-corrected chi connectivity index (χ4v) is 3.11. The number of nitrogens with zero attached hydrogens (tertiary/aromatic N) is 2. The molecule has 1 aliphatic carbocycles. The molecule has 2 aromatic heterocycles. The Balaban J connectivity index is 1.71. The van der Waals surface area contributed by atoms with Gasteiger partial charge < -0.3 is 11.1 Å². The largest absolute Gasteiger partial charge is 0.382 e. The standard InChI is InChI=1S/C16H16FN5/c17-12-8-11-14(18)21-22-15(11)20-16(12)19-13-7-3-5-9-4-1-2-6-10(9)13/h1-2,4,6,8,13H,3,5,7H2,(H4,18,19,20,21,22). The smallest absolute Gasteiger partial charge is 0.166 e. The highest BCUT2D eigenvalue weighted by Crippen LogP contribution is 2.33. The maximum absolute atomic E-state index is 14.3. The van der Waals surface area contributed by atoms with Crippen LogP contribution in [0.15, 0.2) is 30.3 Å². The fourth-order valence-electron chi connectivity index (χ4n) is 3.11. The molecule has 22 heavy (non-hydrogen) atoms. The molecule has 0 saturated carbocycles. The number of anilines is 2. The van der Waals surface area contributed by atoms with E-state index in [9.17, 15) is 4.39 Å². The fraction of sp³-hybridized carbons (Fsp3) is 0.250. The first-order chi connectivity index (χ1) is 10.7. The predicted octanol–water partition coefficient (Wildman–Crippen LogP) is 3.17. The third kappa shape index (κ3) is 2.07. The summed E-state index contributed by atoms with van der Waals surface area (Å²) in [5, 5.41) is 10.3. The lowest BCUT2D eigenvalue weighted by Crippen LogP contribution is -2.18. The molecule has 0 radical (unpaired) electrons. The first-order valence-electron chi connectivity index (χ1n) is 7.37. The summed E-state index contributed by atoms with van der Waals surface area (Å²) >= 11 is 0. The molecule has 4 rings (SSSR count).